The largest absolute Gasteiger partial charge is 0.497 e. The van der Waals surface area contributed by atoms with Crippen molar-refractivity contribution in [2.75, 3.05) is 20.8 Å². The van der Waals surface area contributed by atoms with Crippen LogP contribution in [0.5, 0.6) is 17.2 Å². The van der Waals surface area contributed by atoms with E-state index in [0.29, 0.717) is 11.5 Å². The summed E-state index contributed by atoms with van der Waals surface area (Å²) in [6, 6.07) is 14.3. The number of para-hydroxylation sites is 2. The molecule has 146 valence electrons. The van der Waals surface area contributed by atoms with Crippen molar-refractivity contribution < 1.29 is 19.0 Å². The van der Waals surface area contributed by atoms with Crippen molar-refractivity contribution in [2.24, 2.45) is 7.05 Å². The number of aromatic nitrogens is 2. The third-order valence-corrected chi connectivity index (χ3v) is 4.30. The van der Waals surface area contributed by atoms with Crippen LogP contribution in [0.15, 0.2) is 60.9 Å². The van der Waals surface area contributed by atoms with E-state index in [1.165, 1.54) is 0 Å². The molecule has 1 amide bonds. The molecule has 0 bridgehead atoms. The number of ether oxygens (including phenoxy) is 3. The van der Waals surface area contributed by atoms with Gasteiger partial charge in [-0.1, -0.05) is 24.3 Å². The zero-order chi connectivity index (χ0) is 19.9. The highest BCUT2D eigenvalue weighted by atomic mass is 16.5. The molecule has 1 unspecified atom stereocenters. The molecule has 3 rings (SSSR count). The van der Waals surface area contributed by atoms with Gasteiger partial charge in [0.25, 0.3) is 5.91 Å². The van der Waals surface area contributed by atoms with Crippen molar-refractivity contribution in [3.8, 4) is 17.2 Å². The lowest BCUT2D eigenvalue weighted by atomic mass is 10.1. The number of methoxy groups -OCH3 is 2. The quantitative estimate of drug-likeness (QED) is 0.649. The molecule has 28 heavy (non-hydrogen) atoms. The fourth-order valence-corrected chi connectivity index (χ4v) is 2.83. The van der Waals surface area contributed by atoms with Gasteiger partial charge in [0.1, 0.15) is 17.6 Å². The van der Waals surface area contributed by atoms with Gasteiger partial charge in [-0.05, 0) is 29.8 Å². The number of hydrogen-bond donors (Lipinski definition) is 1. The van der Waals surface area contributed by atoms with Gasteiger partial charge in [-0.2, -0.15) is 0 Å². The molecule has 0 spiro atoms. The summed E-state index contributed by atoms with van der Waals surface area (Å²) in [6.07, 6.45) is 3.53. The number of carbonyl (C=O) groups excluding carboxylic acids is 1. The molecule has 1 aromatic heterocycles. The predicted molar refractivity (Wildman–Crippen MR) is 105 cm³/mol. The van der Waals surface area contributed by atoms with Gasteiger partial charge in [0.15, 0.2) is 18.1 Å². The summed E-state index contributed by atoms with van der Waals surface area (Å²) < 4.78 is 18.0. The molecule has 7 heteroatoms. The van der Waals surface area contributed by atoms with Crippen molar-refractivity contribution in [3.05, 3.63) is 72.3 Å². The molecule has 1 heterocycles. The number of imidazole rings is 1. The highest BCUT2D eigenvalue weighted by Gasteiger charge is 2.21. The monoisotopic (exact) mass is 381 g/mol. The zero-order valence-electron chi connectivity index (χ0n) is 16.1. The maximum Gasteiger partial charge on any atom is 0.258 e. The summed E-state index contributed by atoms with van der Waals surface area (Å²) in [6.45, 7) is -0.141. The Hall–Kier alpha value is -3.48. The standard InChI is InChI=1S/C21H23N3O4/c1-24-13-12-22-21(24)20(15-8-10-16(26-2)11-9-15)23-19(25)14-28-18-7-5-4-6-17(18)27-3/h4-13,20H,14H2,1-3H3,(H,23,25). The summed E-state index contributed by atoms with van der Waals surface area (Å²) in [7, 11) is 5.06. The van der Waals surface area contributed by atoms with Crippen LogP contribution in [-0.2, 0) is 11.8 Å². The number of aryl methyl sites for hydroxylation is 1. The van der Waals surface area contributed by atoms with Crippen LogP contribution in [0.3, 0.4) is 0 Å². The molecule has 0 saturated carbocycles. The predicted octanol–water partition coefficient (Wildman–Crippen LogP) is 2.72. The molecule has 0 aliphatic rings. The first-order chi connectivity index (χ1) is 13.6. The zero-order valence-corrected chi connectivity index (χ0v) is 16.1. The van der Waals surface area contributed by atoms with E-state index in [2.05, 4.69) is 10.3 Å². The molecule has 0 aliphatic heterocycles. The van der Waals surface area contributed by atoms with Gasteiger partial charge in [-0.3, -0.25) is 4.79 Å². The number of hydrogen-bond acceptors (Lipinski definition) is 5. The summed E-state index contributed by atoms with van der Waals surface area (Å²) >= 11 is 0. The van der Waals surface area contributed by atoms with Crippen LogP contribution in [0.1, 0.15) is 17.4 Å². The molecule has 0 radical (unpaired) electrons. The van der Waals surface area contributed by atoms with Crippen molar-refractivity contribution in [1.82, 2.24) is 14.9 Å². The first kappa shape index (κ1) is 19.3. The highest BCUT2D eigenvalue weighted by molar-refractivity contribution is 5.78. The molecule has 3 aromatic rings. The van der Waals surface area contributed by atoms with Crippen LogP contribution in [0.4, 0.5) is 0 Å². The Morgan fingerprint density at radius 1 is 1.07 bits per heavy atom. The van der Waals surface area contributed by atoms with Crippen molar-refractivity contribution in [3.63, 3.8) is 0 Å². The normalized spacial score (nSPS) is 11.5. The van der Waals surface area contributed by atoms with Gasteiger partial charge < -0.3 is 24.1 Å². The molecule has 7 nitrogen and oxygen atoms in total. The van der Waals surface area contributed by atoms with E-state index in [-0.39, 0.29) is 12.5 Å². The van der Waals surface area contributed by atoms with Crippen LogP contribution < -0.4 is 19.5 Å². The van der Waals surface area contributed by atoms with E-state index < -0.39 is 6.04 Å². The van der Waals surface area contributed by atoms with Gasteiger partial charge in [0.2, 0.25) is 0 Å². The third kappa shape index (κ3) is 4.43. The Balaban J connectivity index is 1.75. The second-order valence-electron chi connectivity index (χ2n) is 6.11. The lowest BCUT2D eigenvalue weighted by molar-refractivity contribution is -0.123. The van der Waals surface area contributed by atoms with Crippen molar-refractivity contribution in [1.29, 1.82) is 0 Å². The number of amides is 1. The van der Waals surface area contributed by atoms with Crippen LogP contribution in [0.2, 0.25) is 0 Å². The van der Waals surface area contributed by atoms with Gasteiger partial charge in [-0.25, -0.2) is 4.98 Å². The first-order valence-electron chi connectivity index (χ1n) is 8.78. The maximum absolute atomic E-state index is 12.6. The number of nitrogens with zero attached hydrogens (tertiary/aromatic N) is 2. The highest BCUT2D eigenvalue weighted by Crippen LogP contribution is 2.26. The van der Waals surface area contributed by atoms with Gasteiger partial charge in [0.05, 0.1) is 14.2 Å². The fraction of sp³-hybridized carbons (Fsp3) is 0.238. The summed E-state index contributed by atoms with van der Waals surface area (Å²) in [4.78, 5) is 17.0. The van der Waals surface area contributed by atoms with Crippen LogP contribution in [-0.4, -0.2) is 36.3 Å². The smallest absolute Gasteiger partial charge is 0.258 e. The minimum atomic E-state index is -0.417. The van der Waals surface area contributed by atoms with E-state index in [0.717, 1.165) is 17.1 Å². The fourth-order valence-electron chi connectivity index (χ4n) is 2.83. The third-order valence-electron chi connectivity index (χ3n) is 4.30. The second-order valence-corrected chi connectivity index (χ2v) is 6.11. The molecule has 1 N–H and O–H groups in total. The van der Waals surface area contributed by atoms with Gasteiger partial charge in [0, 0.05) is 19.4 Å². The summed E-state index contributed by atoms with van der Waals surface area (Å²) in [5, 5.41) is 2.99. The van der Waals surface area contributed by atoms with Crippen LogP contribution in [0.25, 0.3) is 0 Å². The van der Waals surface area contributed by atoms with E-state index in [1.807, 2.05) is 54.2 Å². The number of nitrogens with one attached hydrogen (secondary N) is 1. The molecule has 0 fully saturated rings. The average molecular weight is 381 g/mol. The Morgan fingerprint density at radius 3 is 2.39 bits per heavy atom. The van der Waals surface area contributed by atoms with E-state index in [4.69, 9.17) is 14.2 Å². The molecule has 0 aliphatic carbocycles. The lowest BCUT2D eigenvalue weighted by Gasteiger charge is -2.20. The Labute approximate surface area is 163 Å². The first-order valence-corrected chi connectivity index (χ1v) is 8.78. The van der Waals surface area contributed by atoms with Crippen molar-refractivity contribution >= 4 is 5.91 Å². The van der Waals surface area contributed by atoms with E-state index >= 15 is 0 Å². The topological polar surface area (TPSA) is 74.6 Å². The Morgan fingerprint density at radius 2 is 1.79 bits per heavy atom. The van der Waals surface area contributed by atoms with Gasteiger partial charge in [-0.15, -0.1) is 0 Å². The molecule has 1 atom stereocenters. The van der Waals surface area contributed by atoms with E-state index in [9.17, 15) is 4.79 Å². The van der Waals surface area contributed by atoms with Crippen LogP contribution >= 0.6 is 0 Å². The Kier molecular flexibility index (Phi) is 6.16. The summed E-state index contributed by atoms with van der Waals surface area (Å²) in [5.41, 5.74) is 0.890. The number of carbonyl (C=O) groups is 1. The number of rotatable bonds is 8. The molecular formula is C21H23N3O4. The lowest BCUT2D eigenvalue weighted by Crippen LogP contribution is -2.34. The molecule has 2 aromatic carbocycles. The summed E-state index contributed by atoms with van der Waals surface area (Å²) in [5.74, 6) is 2.28. The van der Waals surface area contributed by atoms with Crippen LogP contribution in [0, 0.1) is 0 Å². The minimum Gasteiger partial charge on any atom is -0.497 e. The second kappa shape index (κ2) is 8.94. The SMILES string of the molecule is COc1ccc(C(NC(=O)COc2ccccc2OC)c2nccn2C)cc1. The minimum absolute atomic E-state index is 0.141. The van der Waals surface area contributed by atoms with E-state index in [1.54, 1.807) is 32.5 Å². The average Bonchev–Trinajstić information content (AvgIpc) is 3.16. The van der Waals surface area contributed by atoms with Crippen molar-refractivity contribution in [2.45, 2.75) is 6.04 Å². The Bertz CT molecular complexity index is 921. The van der Waals surface area contributed by atoms with Gasteiger partial charge >= 0.3 is 0 Å². The number of benzene rings is 2. The maximum atomic E-state index is 12.6. The molecular weight excluding hydrogens is 358 g/mol. The molecule has 0 saturated heterocycles.